The van der Waals surface area contributed by atoms with Gasteiger partial charge in [0.1, 0.15) is 17.3 Å². The summed E-state index contributed by atoms with van der Waals surface area (Å²) in [6, 6.07) is 11.6. The lowest BCUT2D eigenvalue weighted by Crippen LogP contribution is -2.26. The van der Waals surface area contributed by atoms with E-state index in [1.807, 2.05) is 57.2 Å². The van der Waals surface area contributed by atoms with E-state index in [4.69, 9.17) is 9.15 Å². The van der Waals surface area contributed by atoms with E-state index in [0.717, 1.165) is 22.8 Å². The zero-order valence-electron chi connectivity index (χ0n) is 13.4. The molecule has 0 bridgehead atoms. The molecule has 4 nitrogen and oxygen atoms in total. The lowest BCUT2D eigenvalue weighted by molar-refractivity contribution is -0.122. The number of hydrogen-bond donors (Lipinski definition) is 1. The highest BCUT2D eigenvalue weighted by Gasteiger charge is 2.12. The predicted molar refractivity (Wildman–Crippen MR) is 85.9 cm³/mol. The molecule has 0 saturated carbocycles. The number of furan rings is 1. The Morgan fingerprint density at radius 2 is 2.00 bits per heavy atom. The highest BCUT2D eigenvalue weighted by molar-refractivity contribution is 5.76. The van der Waals surface area contributed by atoms with Gasteiger partial charge in [-0.2, -0.15) is 0 Å². The summed E-state index contributed by atoms with van der Waals surface area (Å²) in [5.41, 5.74) is 1.11. The summed E-state index contributed by atoms with van der Waals surface area (Å²) in [6.07, 6.45) is 1.12. The first-order valence-electron chi connectivity index (χ1n) is 7.60. The van der Waals surface area contributed by atoms with Crippen LogP contribution in [-0.4, -0.2) is 12.5 Å². The second kappa shape index (κ2) is 7.69. The van der Waals surface area contributed by atoms with Gasteiger partial charge in [-0.05, 0) is 51.0 Å². The third-order valence-electron chi connectivity index (χ3n) is 3.46. The number of amides is 1. The van der Waals surface area contributed by atoms with Crippen LogP contribution < -0.4 is 10.1 Å². The zero-order chi connectivity index (χ0) is 15.9. The third-order valence-corrected chi connectivity index (χ3v) is 3.46. The van der Waals surface area contributed by atoms with Gasteiger partial charge in [-0.1, -0.05) is 18.2 Å². The first kappa shape index (κ1) is 16.1. The molecule has 0 aliphatic carbocycles. The quantitative estimate of drug-likeness (QED) is 0.788. The van der Waals surface area contributed by atoms with Gasteiger partial charge in [0.2, 0.25) is 5.91 Å². The Kier molecular flexibility index (Phi) is 5.64. The van der Waals surface area contributed by atoms with Gasteiger partial charge < -0.3 is 14.5 Å². The molecule has 118 valence electrons. The van der Waals surface area contributed by atoms with Crippen molar-refractivity contribution in [3.63, 3.8) is 0 Å². The first-order chi connectivity index (χ1) is 10.6. The second-order valence-corrected chi connectivity index (χ2v) is 5.46. The molecule has 2 aromatic rings. The number of carbonyl (C=O) groups is 1. The summed E-state index contributed by atoms with van der Waals surface area (Å²) in [4.78, 5) is 11.9. The molecule has 1 atom stereocenters. The fourth-order valence-corrected chi connectivity index (χ4v) is 2.20. The van der Waals surface area contributed by atoms with Crippen LogP contribution in [0.4, 0.5) is 0 Å². The molecule has 1 heterocycles. The molecule has 0 spiro atoms. The van der Waals surface area contributed by atoms with E-state index in [1.165, 1.54) is 0 Å². The average Bonchev–Trinajstić information content (AvgIpc) is 2.92. The van der Waals surface area contributed by atoms with Crippen LogP contribution in [0.25, 0.3) is 0 Å². The van der Waals surface area contributed by atoms with Gasteiger partial charge in [-0.3, -0.25) is 4.79 Å². The standard InChI is InChI=1S/C18H23NO3/c1-13-7-4-5-8-16(13)21-12-6-9-18(20)19-15(3)17-11-10-14(2)22-17/h4-5,7-8,10-11,15H,6,9,12H2,1-3H3,(H,19,20). The number of benzene rings is 1. The SMILES string of the molecule is Cc1ccc(C(C)NC(=O)CCCOc2ccccc2C)o1. The van der Waals surface area contributed by atoms with Gasteiger partial charge in [0.05, 0.1) is 12.6 Å². The van der Waals surface area contributed by atoms with Crippen LogP contribution >= 0.6 is 0 Å². The minimum absolute atomic E-state index is 0.00920. The van der Waals surface area contributed by atoms with E-state index in [0.29, 0.717) is 19.4 Å². The van der Waals surface area contributed by atoms with E-state index in [9.17, 15) is 4.79 Å². The summed E-state index contributed by atoms with van der Waals surface area (Å²) in [6.45, 7) is 6.35. The molecule has 0 saturated heterocycles. The predicted octanol–water partition coefficient (Wildman–Crippen LogP) is 3.93. The Morgan fingerprint density at radius 1 is 1.23 bits per heavy atom. The van der Waals surface area contributed by atoms with Gasteiger partial charge in [-0.25, -0.2) is 0 Å². The number of para-hydroxylation sites is 1. The van der Waals surface area contributed by atoms with Crippen LogP contribution in [0.3, 0.4) is 0 Å². The van der Waals surface area contributed by atoms with Gasteiger partial charge in [-0.15, -0.1) is 0 Å². The molecule has 1 unspecified atom stereocenters. The number of aryl methyl sites for hydroxylation is 2. The third kappa shape index (κ3) is 4.65. The van der Waals surface area contributed by atoms with Crippen LogP contribution in [0, 0.1) is 13.8 Å². The molecule has 0 fully saturated rings. The minimum atomic E-state index is -0.113. The molecule has 1 N–H and O–H groups in total. The Labute approximate surface area is 131 Å². The largest absolute Gasteiger partial charge is 0.493 e. The van der Waals surface area contributed by atoms with E-state index in [-0.39, 0.29) is 11.9 Å². The summed E-state index contributed by atoms with van der Waals surface area (Å²) in [5, 5.41) is 2.93. The monoisotopic (exact) mass is 301 g/mol. The maximum atomic E-state index is 11.9. The Morgan fingerprint density at radius 3 is 2.68 bits per heavy atom. The summed E-state index contributed by atoms with van der Waals surface area (Å²) in [7, 11) is 0. The van der Waals surface area contributed by atoms with Crippen LogP contribution in [0.1, 0.15) is 42.9 Å². The molecule has 0 aliphatic rings. The molecule has 1 aromatic heterocycles. The van der Waals surface area contributed by atoms with E-state index >= 15 is 0 Å². The van der Waals surface area contributed by atoms with Crippen molar-refractivity contribution in [3.05, 3.63) is 53.5 Å². The van der Waals surface area contributed by atoms with Gasteiger partial charge in [0, 0.05) is 6.42 Å². The molecular weight excluding hydrogens is 278 g/mol. The highest BCUT2D eigenvalue weighted by Crippen LogP contribution is 2.17. The average molecular weight is 301 g/mol. The molecule has 22 heavy (non-hydrogen) atoms. The van der Waals surface area contributed by atoms with Crippen molar-refractivity contribution in [2.45, 2.75) is 39.7 Å². The van der Waals surface area contributed by atoms with Gasteiger partial charge >= 0.3 is 0 Å². The van der Waals surface area contributed by atoms with Crippen LogP contribution in [-0.2, 0) is 4.79 Å². The molecule has 4 heteroatoms. The summed E-state index contributed by atoms with van der Waals surface area (Å²) in [5.74, 6) is 2.52. The fraction of sp³-hybridized carbons (Fsp3) is 0.389. The maximum absolute atomic E-state index is 11.9. The topological polar surface area (TPSA) is 51.5 Å². The van der Waals surface area contributed by atoms with Crippen molar-refractivity contribution in [3.8, 4) is 5.75 Å². The van der Waals surface area contributed by atoms with Crippen molar-refractivity contribution in [1.29, 1.82) is 0 Å². The van der Waals surface area contributed by atoms with Crippen molar-refractivity contribution in [1.82, 2.24) is 5.32 Å². The Hall–Kier alpha value is -2.23. The van der Waals surface area contributed by atoms with Crippen LogP contribution in [0.5, 0.6) is 5.75 Å². The number of rotatable bonds is 7. The summed E-state index contributed by atoms with van der Waals surface area (Å²) < 4.78 is 11.2. The number of carbonyl (C=O) groups excluding carboxylic acids is 1. The molecule has 2 rings (SSSR count). The summed E-state index contributed by atoms with van der Waals surface area (Å²) >= 11 is 0. The van der Waals surface area contributed by atoms with Crippen molar-refractivity contribution >= 4 is 5.91 Å². The van der Waals surface area contributed by atoms with Gasteiger partial charge in [0.15, 0.2) is 0 Å². The molecule has 0 radical (unpaired) electrons. The highest BCUT2D eigenvalue weighted by atomic mass is 16.5. The Balaban J connectivity index is 1.69. The van der Waals surface area contributed by atoms with E-state index < -0.39 is 0 Å². The number of hydrogen-bond acceptors (Lipinski definition) is 3. The smallest absolute Gasteiger partial charge is 0.220 e. The molecular formula is C18H23NO3. The van der Waals surface area contributed by atoms with E-state index in [2.05, 4.69) is 5.32 Å². The maximum Gasteiger partial charge on any atom is 0.220 e. The van der Waals surface area contributed by atoms with Crippen LogP contribution in [0.2, 0.25) is 0 Å². The lowest BCUT2D eigenvalue weighted by atomic mass is 10.2. The van der Waals surface area contributed by atoms with Crippen molar-refractivity contribution in [2.75, 3.05) is 6.61 Å². The normalized spacial score (nSPS) is 12.0. The first-order valence-corrected chi connectivity index (χ1v) is 7.60. The molecule has 0 aliphatic heterocycles. The van der Waals surface area contributed by atoms with Gasteiger partial charge in [0.25, 0.3) is 0 Å². The van der Waals surface area contributed by atoms with E-state index in [1.54, 1.807) is 0 Å². The van der Waals surface area contributed by atoms with Crippen molar-refractivity contribution in [2.24, 2.45) is 0 Å². The Bertz CT molecular complexity index is 618. The lowest BCUT2D eigenvalue weighted by Gasteiger charge is -2.12. The fourth-order valence-electron chi connectivity index (χ4n) is 2.20. The van der Waals surface area contributed by atoms with Crippen molar-refractivity contribution < 1.29 is 13.9 Å². The molecule has 1 aromatic carbocycles. The second-order valence-electron chi connectivity index (χ2n) is 5.46. The molecule has 1 amide bonds. The number of ether oxygens (including phenoxy) is 1. The minimum Gasteiger partial charge on any atom is -0.493 e. The number of nitrogens with one attached hydrogen (secondary N) is 1. The zero-order valence-corrected chi connectivity index (χ0v) is 13.4. The van der Waals surface area contributed by atoms with Crippen LogP contribution in [0.15, 0.2) is 40.8 Å².